The molecule has 0 saturated carbocycles. The molecule has 2 N–H and O–H groups in total. The third-order valence-corrected chi connectivity index (χ3v) is 7.11. The Morgan fingerprint density at radius 2 is 2.11 bits per heavy atom. The minimum atomic E-state index is -2.90. The Hall–Kier alpha value is -1.93. The topological polar surface area (TPSA) is 83.4 Å². The normalized spacial score (nSPS) is 19.2. The lowest BCUT2D eigenvalue weighted by Gasteiger charge is -2.15. The molecule has 1 fully saturated rings. The van der Waals surface area contributed by atoms with E-state index >= 15 is 0 Å². The molecule has 1 atom stereocenters. The highest BCUT2D eigenvalue weighted by molar-refractivity contribution is 7.91. The molecule has 0 bridgehead atoms. The fraction of sp³-hybridized carbons (Fsp3) is 0.474. The highest BCUT2D eigenvalue weighted by Gasteiger charge is 2.28. The molecule has 1 saturated heterocycles. The first kappa shape index (κ1) is 19.8. The van der Waals surface area contributed by atoms with Crippen LogP contribution in [0.4, 0.5) is 0 Å². The number of thiazole rings is 1. The maximum absolute atomic E-state index is 11.6. The minimum absolute atomic E-state index is 0.0554. The number of benzene rings is 1. The van der Waals surface area contributed by atoms with Gasteiger partial charge in [-0.1, -0.05) is 29.8 Å². The Balaban J connectivity index is 1.57. The summed E-state index contributed by atoms with van der Waals surface area (Å²) in [6.45, 7) is 5.41. The van der Waals surface area contributed by atoms with E-state index in [2.05, 4.69) is 52.2 Å². The zero-order valence-corrected chi connectivity index (χ0v) is 17.4. The molecule has 1 unspecified atom stereocenters. The van der Waals surface area contributed by atoms with Crippen molar-refractivity contribution in [2.24, 2.45) is 4.99 Å². The van der Waals surface area contributed by atoms with Gasteiger partial charge in [0, 0.05) is 36.5 Å². The number of nitrogens with zero attached hydrogens (tertiary/aromatic N) is 2. The molecule has 3 rings (SSSR count). The number of sulfone groups is 1. The maximum Gasteiger partial charge on any atom is 0.191 e. The summed E-state index contributed by atoms with van der Waals surface area (Å²) < 4.78 is 23.2. The molecule has 1 aromatic carbocycles. The van der Waals surface area contributed by atoms with E-state index in [4.69, 9.17) is 4.98 Å². The molecule has 146 valence electrons. The van der Waals surface area contributed by atoms with Gasteiger partial charge in [-0.25, -0.2) is 13.4 Å². The predicted octanol–water partition coefficient (Wildman–Crippen LogP) is 2.40. The first-order valence-corrected chi connectivity index (χ1v) is 11.9. The van der Waals surface area contributed by atoms with Crippen molar-refractivity contribution in [1.29, 1.82) is 0 Å². The zero-order valence-electron chi connectivity index (χ0n) is 15.7. The van der Waals surface area contributed by atoms with Crippen LogP contribution in [-0.4, -0.2) is 50.0 Å². The lowest BCUT2D eigenvalue weighted by molar-refractivity contribution is 0.599. The number of hydrogen-bond donors (Lipinski definition) is 2. The van der Waals surface area contributed by atoms with Crippen molar-refractivity contribution < 1.29 is 8.42 Å². The van der Waals surface area contributed by atoms with Crippen LogP contribution in [0.2, 0.25) is 0 Å². The van der Waals surface area contributed by atoms with E-state index in [0.29, 0.717) is 18.9 Å². The fourth-order valence-electron chi connectivity index (χ4n) is 2.95. The second-order valence-electron chi connectivity index (χ2n) is 6.76. The van der Waals surface area contributed by atoms with Crippen LogP contribution in [-0.2, 0) is 16.3 Å². The van der Waals surface area contributed by atoms with Crippen molar-refractivity contribution in [1.82, 2.24) is 15.6 Å². The average molecular weight is 407 g/mol. The minimum Gasteiger partial charge on any atom is -0.357 e. The van der Waals surface area contributed by atoms with E-state index in [1.807, 2.05) is 6.92 Å². The van der Waals surface area contributed by atoms with Gasteiger partial charge in [0.2, 0.25) is 0 Å². The van der Waals surface area contributed by atoms with Crippen molar-refractivity contribution in [3.63, 3.8) is 0 Å². The van der Waals surface area contributed by atoms with Crippen LogP contribution in [0.1, 0.15) is 24.6 Å². The molecule has 27 heavy (non-hydrogen) atoms. The Morgan fingerprint density at radius 3 is 2.78 bits per heavy atom. The second-order valence-corrected chi connectivity index (χ2v) is 9.85. The molecule has 0 aliphatic carbocycles. The van der Waals surface area contributed by atoms with Crippen LogP contribution in [0.15, 0.2) is 34.6 Å². The van der Waals surface area contributed by atoms with Crippen LogP contribution in [0.5, 0.6) is 0 Å². The fourth-order valence-corrected chi connectivity index (χ4v) is 5.49. The molecule has 2 heterocycles. The Labute approximate surface area is 165 Å². The number of aromatic nitrogens is 1. The first-order chi connectivity index (χ1) is 12.9. The second kappa shape index (κ2) is 8.84. The summed E-state index contributed by atoms with van der Waals surface area (Å²) in [5.41, 5.74) is 3.40. The standard InChI is InChI=1S/C19H26N4O2S2/c1-3-20-19(23-17-9-11-27(24,25)13-17)21-10-8-16-12-26-18(22-16)15-6-4-14(2)5-7-15/h4-7,12,17H,3,8-11,13H2,1-2H3,(H2,20,21,23). The predicted molar refractivity (Wildman–Crippen MR) is 112 cm³/mol. The van der Waals surface area contributed by atoms with Gasteiger partial charge in [0.05, 0.1) is 17.2 Å². The van der Waals surface area contributed by atoms with E-state index in [1.165, 1.54) is 5.56 Å². The van der Waals surface area contributed by atoms with E-state index in [0.717, 1.165) is 29.2 Å². The number of hydrogen-bond acceptors (Lipinski definition) is 5. The van der Waals surface area contributed by atoms with Gasteiger partial charge in [-0.2, -0.15) is 0 Å². The van der Waals surface area contributed by atoms with Gasteiger partial charge < -0.3 is 10.6 Å². The Kier molecular flexibility index (Phi) is 6.49. The van der Waals surface area contributed by atoms with Gasteiger partial charge in [0.1, 0.15) is 5.01 Å². The van der Waals surface area contributed by atoms with Gasteiger partial charge >= 0.3 is 0 Å². The third kappa shape index (κ3) is 5.77. The average Bonchev–Trinajstić information content (AvgIpc) is 3.22. The number of aliphatic imine (C=N–C) groups is 1. The number of guanidine groups is 1. The molecule has 2 aromatic rings. The number of aryl methyl sites for hydroxylation is 1. The monoisotopic (exact) mass is 406 g/mol. The van der Waals surface area contributed by atoms with Gasteiger partial charge in [0.15, 0.2) is 15.8 Å². The molecule has 0 radical (unpaired) electrons. The zero-order chi connectivity index (χ0) is 19.3. The quantitative estimate of drug-likeness (QED) is 0.569. The lowest BCUT2D eigenvalue weighted by Crippen LogP contribution is -2.44. The molecule has 0 spiro atoms. The highest BCUT2D eigenvalue weighted by atomic mass is 32.2. The summed E-state index contributed by atoms with van der Waals surface area (Å²) in [4.78, 5) is 9.28. The largest absolute Gasteiger partial charge is 0.357 e. The summed E-state index contributed by atoms with van der Waals surface area (Å²) in [5.74, 6) is 1.11. The number of rotatable bonds is 6. The number of nitrogens with one attached hydrogen (secondary N) is 2. The summed E-state index contributed by atoms with van der Waals surface area (Å²) in [7, 11) is -2.90. The van der Waals surface area contributed by atoms with Crippen molar-refractivity contribution in [3.05, 3.63) is 40.9 Å². The Morgan fingerprint density at radius 1 is 1.33 bits per heavy atom. The third-order valence-electron chi connectivity index (χ3n) is 4.41. The smallest absolute Gasteiger partial charge is 0.191 e. The van der Waals surface area contributed by atoms with Crippen LogP contribution in [0.3, 0.4) is 0 Å². The summed E-state index contributed by atoms with van der Waals surface area (Å²) in [6, 6.07) is 8.33. The molecule has 1 aliphatic heterocycles. The van der Waals surface area contributed by atoms with Crippen LogP contribution < -0.4 is 10.6 Å². The van der Waals surface area contributed by atoms with E-state index in [9.17, 15) is 8.42 Å². The van der Waals surface area contributed by atoms with Crippen LogP contribution in [0.25, 0.3) is 10.6 Å². The molecular formula is C19H26N4O2S2. The highest BCUT2D eigenvalue weighted by Crippen LogP contribution is 2.24. The van der Waals surface area contributed by atoms with Gasteiger partial charge in [-0.05, 0) is 20.3 Å². The maximum atomic E-state index is 11.6. The van der Waals surface area contributed by atoms with Gasteiger partial charge in [0.25, 0.3) is 0 Å². The summed E-state index contributed by atoms with van der Waals surface area (Å²) >= 11 is 1.65. The van der Waals surface area contributed by atoms with Crippen molar-refractivity contribution >= 4 is 27.1 Å². The van der Waals surface area contributed by atoms with E-state index < -0.39 is 9.84 Å². The van der Waals surface area contributed by atoms with E-state index in [1.54, 1.807) is 11.3 Å². The molecule has 6 nitrogen and oxygen atoms in total. The van der Waals surface area contributed by atoms with Crippen LogP contribution in [0, 0.1) is 6.92 Å². The molecule has 1 aromatic heterocycles. The lowest BCUT2D eigenvalue weighted by atomic mass is 10.2. The van der Waals surface area contributed by atoms with Crippen molar-refractivity contribution in [2.75, 3.05) is 24.6 Å². The molecular weight excluding hydrogens is 380 g/mol. The van der Waals surface area contributed by atoms with Gasteiger partial charge in [-0.3, -0.25) is 4.99 Å². The van der Waals surface area contributed by atoms with Gasteiger partial charge in [-0.15, -0.1) is 11.3 Å². The SMILES string of the molecule is CCNC(=NCCc1csc(-c2ccc(C)cc2)n1)NC1CCS(=O)(=O)C1. The van der Waals surface area contributed by atoms with Crippen LogP contribution >= 0.6 is 11.3 Å². The van der Waals surface area contributed by atoms with E-state index in [-0.39, 0.29) is 17.5 Å². The molecule has 1 aliphatic rings. The summed E-state index contributed by atoms with van der Waals surface area (Å²) in [5, 5.41) is 9.52. The van der Waals surface area contributed by atoms with Crippen molar-refractivity contribution in [3.8, 4) is 10.6 Å². The Bertz CT molecular complexity index is 889. The molecule has 0 amide bonds. The van der Waals surface area contributed by atoms with Crippen molar-refractivity contribution in [2.45, 2.75) is 32.7 Å². The summed E-state index contributed by atoms with van der Waals surface area (Å²) in [6.07, 6.45) is 1.39. The molecule has 8 heteroatoms. The first-order valence-electron chi connectivity index (χ1n) is 9.22.